The molecule has 2 heterocycles. The fourth-order valence-electron chi connectivity index (χ4n) is 1.21. The SMILES string of the molecule is C=CCCc1nc(-c2nc(C=O)co2)co1. The van der Waals surface area contributed by atoms with Gasteiger partial charge in [0.1, 0.15) is 18.2 Å². The van der Waals surface area contributed by atoms with Crippen molar-refractivity contribution in [3.05, 3.63) is 36.8 Å². The van der Waals surface area contributed by atoms with Crippen molar-refractivity contribution < 1.29 is 13.6 Å². The van der Waals surface area contributed by atoms with Gasteiger partial charge in [0.2, 0.25) is 5.89 Å². The molecule has 5 heteroatoms. The van der Waals surface area contributed by atoms with E-state index in [4.69, 9.17) is 8.83 Å². The highest BCUT2D eigenvalue weighted by atomic mass is 16.4. The molecule has 0 aromatic carbocycles. The second-order valence-electron chi connectivity index (χ2n) is 3.15. The topological polar surface area (TPSA) is 69.1 Å². The Morgan fingerprint density at radius 3 is 2.88 bits per heavy atom. The predicted octanol–water partition coefficient (Wildman–Crippen LogP) is 2.26. The van der Waals surface area contributed by atoms with E-state index in [0.717, 1.165) is 6.42 Å². The van der Waals surface area contributed by atoms with Gasteiger partial charge < -0.3 is 8.83 Å². The largest absolute Gasteiger partial charge is 0.448 e. The Morgan fingerprint density at radius 1 is 1.31 bits per heavy atom. The molecular weight excluding hydrogens is 208 g/mol. The smallest absolute Gasteiger partial charge is 0.249 e. The van der Waals surface area contributed by atoms with E-state index in [-0.39, 0.29) is 11.6 Å². The highest BCUT2D eigenvalue weighted by molar-refractivity contribution is 5.72. The molecule has 0 aliphatic carbocycles. The van der Waals surface area contributed by atoms with E-state index in [1.807, 2.05) is 0 Å². The van der Waals surface area contributed by atoms with Crippen molar-refractivity contribution in [1.82, 2.24) is 9.97 Å². The van der Waals surface area contributed by atoms with Gasteiger partial charge in [-0.15, -0.1) is 6.58 Å². The van der Waals surface area contributed by atoms with Crippen LogP contribution in [0.5, 0.6) is 0 Å². The van der Waals surface area contributed by atoms with Gasteiger partial charge >= 0.3 is 0 Å². The Balaban J connectivity index is 2.17. The van der Waals surface area contributed by atoms with Crippen LogP contribution < -0.4 is 0 Å². The normalized spacial score (nSPS) is 10.2. The van der Waals surface area contributed by atoms with E-state index in [1.165, 1.54) is 12.5 Å². The summed E-state index contributed by atoms with van der Waals surface area (Å²) in [6.45, 7) is 3.62. The summed E-state index contributed by atoms with van der Waals surface area (Å²) in [5.41, 5.74) is 0.734. The van der Waals surface area contributed by atoms with E-state index >= 15 is 0 Å². The van der Waals surface area contributed by atoms with E-state index < -0.39 is 0 Å². The Hall–Kier alpha value is -2.17. The molecule has 2 rings (SSSR count). The molecule has 0 N–H and O–H groups in total. The Labute approximate surface area is 91.8 Å². The maximum atomic E-state index is 10.4. The summed E-state index contributed by atoms with van der Waals surface area (Å²) in [5.74, 6) is 0.886. The van der Waals surface area contributed by atoms with Crippen LogP contribution in [-0.2, 0) is 6.42 Å². The molecule has 0 aliphatic rings. The lowest BCUT2D eigenvalue weighted by molar-refractivity contribution is 0.111. The van der Waals surface area contributed by atoms with E-state index in [9.17, 15) is 4.79 Å². The van der Waals surface area contributed by atoms with Crippen LogP contribution in [0, 0.1) is 0 Å². The minimum atomic E-state index is 0.241. The van der Waals surface area contributed by atoms with Crippen LogP contribution in [0.4, 0.5) is 0 Å². The number of oxazole rings is 2. The maximum absolute atomic E-state index is 10.4. The molecule has 0 saturated heterocycles. The van der Waals surface area contributed by atoms with Crippen LogP contribution in [-0.4, -0.2) is 16.3 Å². The number of hydrogen-bond donors (Lipinski definition) is 0. The van der Waals surface area contributed by atoms with Gasteiger partial charge in [-0.25, -0.2) is 9.97 Å². The molecule has 0 unspecified atom stereocenters. The van der Waals surface area contributed by atoms with Gasteiger partial charge in [0.15, 0.2) is 17.9 Å². The zero-order valence-electron chi connectivity index (χ0n) is 8.55. The molecule has 0 fully saturated rings. The fraction of sp³-hybridized carbons (Fsp3) is 0.182. The van der Waals surface area contributed by atoms with E-state index in [1.54, 1.807) is 6.08 Å². The number of carbonyl (C=O) groups excluding carboxylic acids is 1. The fourth-order valence-corrected chi connectivity index (χ4v) is 1.21. The molecule has 82 valence electrons. The standard InChI is InChI=1S/C11H10N2O3/c1-2-3-4-10-13-9(7-15-10)11-12-8(5-14)6-16-11/h2,5-7H,1,3-4H2. The van der Waals surface area contributed by atoms with Crippen LogP contribution in [0.1, 0.15) is 22.8 Å². The van der Waals surface area contributed by atoms with E-state index in [0.29, 0.717) is 24.3 Å². The zero-order valence-corrected chi connectivity index (χ0v) is 8.55. The van der Waals surface area contributed by atoms with Crippen molar-refractivity contribution in [2.24, 2.45) is 0 Å². The average molecular weight is 218 g/mol. The van der Waals surface area contributed by atoms with Crippen LogP contribution in [0.25, 0.3) is 11.6 Å². The zero-order chi connectivity index (χ0) is 11.4. The second kappa shape index (κ2) is 4.57. The lowest BCUT2D eigenvalue weighted by Gasteiger charge is -1.87. The first-order valence-electron chi connectivity index (χ1n) is 4.80. The number of aldehydes is 1. The summed E-state index contributed by atoms with van der Waals surface area (Å²) < 4.78 is 10.3. The third-order valence-corrected chi connectivity index (χ3v) is 1.98. The Bertz CT molecular complexity index is 499. The van der Waals surface area contributed by atoms with Crippen molar-refractivity contribution in [2.45, 2.75) is 12.8 Å². The number of aryl methyl sites for hydroxylation is 1. The molecule has 5 nitrogen and oxygen atoms in total. The average Bonchev–Trinajstić information content (AvgIpc) is 2.94. The minimum Gasteiger partial charge on any atom is -0.448 e. The first-order chi connectivity index (χ1) is 7.83. The van der Waals surface area contributed by atoms with Gasteiger partial charge in [-0.05, 0) is 6.42 Å². The number of hydrogen-bond acceptors (Lipinski definition) is 5. The van der Waals surface area contributed by atoms with Crippen molar-refractivity contribution in [1.29, 1.82) is 0 Å². The molecule has 0 radical (unpaired) electrons. The minimum absolute atomic E-state index is 0.241. The molecule has 0 amide bonds. The number of aromatic nitrogens is 2. The summed E-state index contributed by atoms with van der Waals surface area (Å²) in [4.78, 5) is 18.5. The molecule has 0 spiro atoms. The van der Waals surface area contributed by atoms with Crippen molar-refractivity contribution >= 4 is 6.29 Å². The van der Waals surface area contributed by atoms with E-state index in [2.05, 4.69) is 16.5 Å². The highest BCUT2D eigenvalue weighted by Crippen LogP contribution is 2.18. The molecule has 2 aromatic heterocycles. The third kappa shape index (κ3) is 2.08. The van der Waals surface area contributed by atoms with Gasteiger partial charge in [-0.3, -0.25) is 4.79 Å². The lowest BCUT2D eigenvalue weighted by atomic mass is 10.3. The Morgan fingerprint density at radius 2 is 2.19 bits per heavy atom. The molecule has 0 saturated carbocycles. The first-order valence-corrected chi connectivity index (χ1v) is 4.80. The van der Waals surface area contributed by atoms with Gasteiger partial charge in [-0.2, -0.15) is 0 Å². The summed E-state index contributed by atoms with van der Waals surface area (Å²) in [6.07, 6.45) is 6.63. The van der Waals surface area contributed by atoms with Gasteiger partial charge in [0.05, 0.1) is 0 Å². The summed E-state index contributed by atoms with van der Waals surface area (Å²) in [6, 6.07) is 0. The van der Waals surface area contributed by atoms with Crippen molar-refractivity contribution in [2.75, 3.05) is 0 Å². The van der Waals surface area contributed by atoms with Gasteiger partial charge in [0.25, 0.3) is 0 Å². The van der Waals surface area contributed by atoms with Gasteiger partial charge in [-0.1, -0.05) is 6.08 Å². The van der Waals surface area contributed by atoms with Crippen LogP contribution in [0.2, 0.25) is 0 Å². The molecular formula is C11H10N2O3. The molecule has 0 aliphatic heterocycles. The molecule has 0 bridgehead atoms. The third-order valence-electron chi connectivity index (χ3n) is 1.98. The van der Waals surface area contributed by atoms with Crippen LogP contribution in [0.15, 0.2) is 34.0 Å². The van der Waals surface area contributed by atoms with Crippen LogP contribution in [0.3, 0.4) is 0 Å². The molecule has 2 aromatic rings. The maximum Gasteiger partial charge on any atom is 0.249 e. The van der Waals surface area contributed by atoms with Crippen molar-refractivity contribution in [3.63, 3.8) is 0 Å². The number of carbonyl (C=O) groups is 1. The number of nitrogens with zero attached hydrogens (tertiary/aromatic N) is 2. The molecule has 0 atom stereocenters. The summed E-state index contributed by atoms with van der Waals surface area (Å²) >= 11 is 0. The first kappa shape index (κ1) is 10.4. The number of allylic oxidation sites excluding steroid dienone is 1. The summed E-state index contributed by atoms with van der Waals surface area (Å²) in [5, 5.41) is 0. The Kier molecular flexibility index (Phi) is 2.95. The summed E-state index contributed by atoms with van der Waals surface area (Å²) in [7, 11) is 0. The molecule has 16 heavy (non-hydrogen) atoms. The monoisotopic (exact) mass is 218 g/mol. The highest BCUT2D eigenvalue weighted by Gasteiger charge is 2.11. The van der Waals surface area contributed by atoms with Gasteiger partial charge in [0, 0.05) is 6.42 Å². The van der Waals surface area contributed by atoms with Crippen molar-refractivity contribution in [3.8, 4) is 11.6 Å². The quantitative estimate of drug-likeness (QED) is 0.568. The predicted molar refractivity (Wildman–Crippen MR) is 55.9 cm³/mol. The number of rotatable bonds is 5. The lowest BCUT2D eigenvalue weighted by Crippen LogP contribution is -1.84. The second-order valence-corrected chi connectivity index (χ2v) is 3.15. The van der Waals surface area contributed by atoms with Crippen LogP contribution >= 0.6 is 0 Å².